The summed E-state index contributed by atoms with van der Waals surface area (Å²) in [5, 5.41) is 3.01. The fourth-order valence-corrected chi connectivity index (χ4v) is 1.78. The number of carbonyl (C=O) groups is 1. The Morgan fingerprint density at radius 1 is 1.20 bits per heavy atom. The van der Waals surface area contributed by atoms with Crippen molar-refractivity contribution >= 4 is 11.6 Å². The molecule has 0 fully saturated rings. The van der Waals surface area contributed by atoms with Crippen LogP contribution in [0.15, 0.2) is 12.1 Å². The van der Waals surface area contributed by atoms with Crippen molar-refractivity contribution in [3.05, 3.63) is 29.3 Å². The van der Waals surface area contributed by atoms with Crippen LogP contribution >= 0.6 is 0 Å². The molecule has 0 aliphatic heterocycles. The third-order valence-electron chi connectivity index (χ3n) is 2.91. The van der Waals surface area contributed by atoms with Gasteiger partial charge in [-0.2, -0.15) is 0 Å². The lowest BCUT2D eigenvalue weighted by molar-refractivity contribution is -0.127. The zero-order chi connectivity index (χ0) is 15.3. The number of anilines is 1. The molecule has 4 nitrogen and oxygen atoms in total. The summed E-state index contributed by atoms with van der Waals surface area (Å²) in [6.45, 7) is 2.97. The van der Waals surface area contributed by atoms with E-state index in [0.717, 1.165) is 6.54 Å². The maximum atomic E-state index is 14.0. The highest BCUT2D eigenvalue weighted by molar-refractivity contribution is 5.81. The molecule has 0 radical (unpaired) electrons. The normalized spacial score (nSPS) is 10.5. The number of hydrogen-bond donors (Lipinski definition) is 1. The van der Waals surface area contributed by atoms with Gasteiger partial charge in [0.2, 0.25) is 5.91 Å². The number of nitrogens with one attached hydrogen (secondary N) is 1. The highest BCUT2D eigenvalue weighted by Crippen LogP contribution is 2.24. The number of rotatable bonds is 6. The van der Waals surface area contributed by atoms with Crippen LogP contribution in [0.3, 0.4) is 0 Å². The van der Waals surface area contributed by atoms with E-state index in [9.17, 15) is 13.6 Å². The van der Waals surface area contributed by atoms with Crippen molar-refractivity contribution in [2.45, 2.75) is 13.5 Å². The molecule has 0 bridgehead atoms. The largest absolute Gasteiger partial charge is 0.361 e. The SMILES string of the molecule is CCNCc1cc(F)c(N(C)CC(=O)N(C)C)c(F)c1. The Balaban J connectivity index is 2.92. The highest BCUT2D eigenvalue weighted by atomic mass is 19.1. The van der Waals surface area contributed by atoms with Crippen LogP contribution in [0.5, 0.6) is 0 Å². The zero-order valence-corrected chi connectivity index (χ0v) is 12.3. The molecule has 1 N–H and O–H groups in total. The van der Waals surface area contributed by atoms with Crippen molar-refractivity contribution in [1.29, 1.82) is 0 Å². The molecule has 0 aliphatic rings. The summed E-state index contributed by atoms with van der Waals surface area (Å²) in [6.07, 6.45) is 0. The standard InChI is InChI=1S/C14H21F2N3O/c1-5-17-8-10-6-11(15)14(12(16)7-10)19(4)9-13(20)18(2)3/h6-7,17H,5,8-9H2,1-4H3. The number of carbonyl (C=O) groups excluding carboxylic acids is 1. The minimum Gasteiger partial charge on any atom is -0.361 e. The molecule has 6 heteroatoms. The molecule has 1 amide bonds. The molecule has 0 aromatic heterocycles. The summed E-state index contributed by atoms with van der Waals surface area (Å²) in [5.74, 6) is -1.54. The third-order valence-corrected chi connectivity index (χ3v) is 2.91. The Labute approximate surface area is 118 Å². The van der Waals surface area contributed by atoms with E-state index in [0.29, 0.717) is 12.1 Å². The quantitative estimate of drug-likeness (QED) is 0.862. The average molecular weight is 285 g/mol. The number of benzene rings is 1. The van der Waals surface area contributed by atoms with Gasteiger partial charge in [-0.15, -0.1) is 0 Å². The molecule has 0 atom stereocenters. The van der Waals surface area contributed by atoms with E-state index >= 15 is 0 Å². The summed E-state index contributed by atoms with van der Waals surface area (Å²) in [7, 11) is 4.69. The lowest BCUT2D eigenvalue weighted by Gasteiger charge is -2.22. The second kappa shape index (κ2) is 7.19. The van der Waals surface area contributed by atoms with Crippen molar-refractivity contribution in [1.82, 2.24) is 10.2 Å². The van der Waals surface area contributed by atoms with Gasteiger partial charge in [0.25, 0.3) is 0 Å². The summed E-state index contributed by atoms with van der Waals surface area (Å²) >= 11 is 0. The Kier molecular flexibility index (Phi) is 5.88. The van der Waals surface area contributed by atoms with Crippen LogP contribution in [-0.2, 0) is 11.3 Å². The van der Waals surface area contributed by atoms with Gasteiger partial charge in [0.15, 0.2) is 0 Å². The second-order valence-corrected chi connectivity index (χ2v) is 4.83. The third kappa shape index (κ3) is 4.16. The van der Waals surface area contributed by atoms with Crippen LogP contribution in [0.1, 0.15) is 12.5 Å². The van der Waals surface area contributed by atoms with Gasteiger partial charge in [0, 0.05) is 27.7 Å². The van der Waals surface area contributed by atoms with Gasteiger partial charge >= 0.3 is 0 Å². The van der Waals surface area contributed by atoms with E-state index in [-0.39, 0.29) is 18.1 Å². The molecule has 0 aliphatic carbocycles. The van der Waals surface area contributed by atoms with Gasteiger partial charge in [-0.25, -0.2) is 8.78 Å². The van der Waals surface area contributed by atoms with Gasteiger partial charge in [0.1, 0.15) is 17.3 Å². The fraction of sp³-hybridized carbons (Fsp3) is 0.500. The van der Waals surface area contributed by atoms with Crippen LogP contribution in [0.2, 0.25) is 0 Å². The van der Waals surface area contributed by atoms with Gasteiger partial charge < -0.3 is 15.1 Å². The van der Waals surface area contributed by atoms with E-state index in [1.807, 2.05) is 6.92 Å². The highest BCUT2D eigenvalue weighted by Gasteiger charge is 2.18. The molecule has 1 aromatic carbocycles. The molecule has 0 saturated carbocycles. The van der Waals surface area contributed by atoms with Gasteiger partial charge in [0.05, 0.1) is 6.54 Å². The summed E-state index contributed by atoms with van der Waals surface area (Å²) < 4.78 is 28.0. The van der Waals surface area contributed by atoms with Gasteiger partial charge in [-0.3, -0.25) is 4.79 Å². The predicted octanol–water partition coefficient (Wildman–Crippen LogP) is 1.60. The molecule has 0 spiro atoms. The Morgan fingerprint density at radius 2 is 1.75 bits per heavy atom. The molecule has 0 heterocycles. The van der Waals surface area contributed by atoms with E-state index in [4.69, 9.17) is 0 Å². The first-order chi connectivity index (χ1) is 9.36. The van der Waals surface area contributed by atoms with Crippen molar-refractivity contribution < 1.29 is 13.6 Å². The molecule has 112 valence electrons. The smallest absolute Gasteiger partial charge is 0.241 e. The number of amides is 1. The van der Waals surface area contributed by atoms with Crippen molar-refractivity contribution in [2.24, 2.45) is 0 Å². The number of halogens is 2. The Hall–Kier alpha value is -1.69. The first-order valence-corrected chi connectivity index (χ1v) is 6.46. The average Bonchev–Trinajstić information content (AvgIpc) is 2.35. The van der Waals surface area contributed by atoms with Crippen LogP contribution in [0, 0.1) is 11.6 Å². The summed E-state index contributed by atoms with van der Waals surface area (Å²) in [4.78, 5) is 14.2. The summed E-state index contributed by atoms with van der Waals surface area (Å²) in [5.41, 5.74) is 0.360. The Bertz CT molecular complexity index is 454. The van der Waals surface area contributed by atoms with E-state index in [1.54, 1.807) is 14.1 Å². The molecule has 1 rings (SSSR count). The molecular formula is C14H21F2N3O. The zero-order valence-electron chi connectivity index (χ0n) is 12.3. The molecule has 20 heavy (non-hydrogen) atoms. The minimum atomic E-state index is -0.660. The maximum absolute atomic E-state index is 14.0. The van der Waals surface area contributed by atoms with Gasteiger partial charge in [-0.1, -0.05) is 6.92 Å². The van der Waals surface area contributed by atoms with Gasteiger partial charge in [-0.05, 0) is 24.2 Å². The lowest BCUT2D eigenvalue weighted by Crippen LogP contribution is -2.35. The fourth-order valence-electron chi connectivity index (χ4n) is 1.78. The molecular weight excluding hydrogens is 264 g/mol. The lowest BCUT2D eigenvalue weighted by atomic mass is 10.1. The van der Waals surface area contributed by atoms with Crippen molar-refractivity contribution in [2.75, 3.05) is 39.1 Å². The predicted molar refractivity (Wildman–Crippen MR) is 75.7 cm³/mol. The number of hydrogen-bond acceptors (Lipinski definition) is 3. The topological polar surface area (TPSA) is 35.6 Å². The van der Waals surface area contributed by atoms with Crippen LogP contribution < -0.4 is 10.2 Å². The van der Waals surface area contributed by atoms with Crippen LogP contribution in [0.4, 0.5) is 14.5 Å². The maximum Gasteiger partial charge on any atom is 0.241 e. The monoisotopic (exact) mass is 285 g/mol. The first kappa shape index (κ1) is 16.4. The first-order valence-electron chi connectivity index (χ1n) is 6.46. The second-order valence-electron chi connectivity index (χ2n) is 4.83. The summed E-state index contributed by atoms with van der Waals surface area (Å²) in [6, 6.07) is 2.58. The van der Waals surface area contributed by atoms with Crippen LogP contribution in [0.25, 0.3) is 0 Å². The van der Waals surface area contributed by atoms with E-state index < -0.39 is 11.6 Å². The van der Waals surface area contributed by atoms with Crippen molar-refractivity contribution in [3.8, 4) is 0 Å². The molecule has 0 unspecified atom stereocenters. The van der Waals surface area contributed by atoms with E-state index in [1.165, 1.54) is 29.0 Å². The molecule has 0 saturated heterocycles. The number of likely N-dealkylation sites (N-methyl/N-ethyl adjacent to an activating group) is 2. The Morgan fingerprint density at radius 3 is 2.20 bits per heavy atom. The van der Waals surface area contributed by atoms with E-state index in [2.05, 4.69) is 5.32 Å². The van der Waals surface area contributed by atoms with Crippen molar-refractivity contribution in [3.63, 3.8) is 0 Å². The van der Waals surface area contributed by atoms with Crippen LogP contribution in [-0.4, -0.2) is 45.0 Å². The molecule has 1 aromatic rings. The number of nitrogens with zero attached hydrogens (tertiary/aromatic N) is 2. The minimum absolute atomic E-state index is 0.0760.